The third-order valence-corrected chi connectivity index (χ3v) is 18.9. The van der Waals surface area contributed by atoms with Crippen LogP contribution in [0.4, 0.5) is 5.69 Å². The van der Waals surface area contributed by atoms with Crippen molar-refractivity contribution in [1.82, 2.24) is 19.8 Å². The van der Waals surface area contributed by atoms with Gasteiger partial charge in [-0.15, -0.1) is 0 Å². The number of aromatic carboxylic acids is 1. The summed E-state index contributed by atoms with van der Waals surface area (Å²) in [6, 6.07) is 29.4. The highest BCUT2D eigenvalue weighted by molar-refractivity contribution is 6.30. The normalized spacial score (nSPS) is 17.5. The van der Waals surface area contributed by atoms with E-state index in [1.54, 1.807) is 54.1 Å². The Morgan fingerprint density at radius 1 is 0.691 bits per heavy atom. The van der Waals surface area contributed by atoms with Crippen LogP contribution >= 0.6 is 11.6 Å². The number of fused-ring (bicyclic) bond motifs is 5. The lowest BCUT2D eigenvalue weighted by molar-refractivity contribution is -0.255. The fourth-order valence-corrected chi connectivity index (χ4v) is 13.7. The first-order valence-corrected chi connectivity index (χ1v) is 28.8. The zero-order valence-corrected chi connectivity index (χ0v) is 48.8. The Labute approximate surface area is 478 Å². The topological polar surface area (TPSA) is 145 Å². The summed E-state index contributed by atoms with van der Waals surface area (Å²) < 4.78 is 17.3. The summed E-state index contributed by atoms with van der Waals surface area (Å²) in [5.41, 5.74) is 11.8. The minimum absolute atomic E-state index is 0.0337. The predicted octanol–water partition coefficient (Wildman–Crippen LogP) is 9.83. The van der Waals surface area contributed by atoms with Gasteiger partial charge in [-0.25, -0.2) is 4.58 Å². The molecule has 0 atom stereocenters. The van der Waals surface area contributed by atoms with Crippen molar-refractivity contribution >= 4 is 57.5 Å². The van der Waals surface area contributed by atoms with E-state index in [0.717, 1.165) is 96.2 Å². The standard InChI is InChI=1S/C68H70ClN5O7/c1-38-46(47-32-44(80-10)20-22-53(47)74(38)63(77)41-15-18-43(69)19-16-41)35-54(75)70-36-39-11-13-40(14-12-39)37-71-62(76)42-17-21-45(48(31-42)64(78)79)55-49-33-51-58-56(67(6,7)25-29-72(58)27-23-65(51,2)3)60(49)81-61-50(55)34-52-59-57(61)68(8,9)26-30-73(59)28-24-66(52,4)5/h11-22,31-34H,23-30,35-37H2,1-10H3,(H2-,70,71,75,76,78,79). The number of hydrogen-bond donors (Lipinski definition) is 2. The van der Waals surface area contributed by atoms with E-state index in [1.165, 1.54) is 39.4 Å². The van der Waals surface area contributed by atoms with Crippen molar-refractivity contribution in [2.75, 3.05) is 38.2 Å². The monoisotopic (exact) mass is 1100 g/mol. The second-order valence-corrected chi connectivity index (χ2v) is 26.1. The quantitative estimate of drug-likeness (QED) is 0.122. The van der Waals surface area contributed by atoms with Gasteiger partial charge in [0.15, 0.2) is 0 Å². The van der Waals surface area contributed by atoms with E-state index >= 15 is 0 Å². The van der Waals surface area contributed by atoms with Gasteiger partial charge in [0, 0.05) is 116 Å². The van der Waals surface area contributed by atoms with Crippen LogP contribution < -0.4 is 45.3 Å². The molecular formula is C68H70ClN5O7. The number of ether oxygens (including phenoxy) is 2. The minimum Gasteiger partial charge on any atom is -0.545 e. The molecule has 81 heavy (non-hydrogen) atoms. The summed E-state index contributed by atoms with van der Waals surface area (Å²) in [4.78, 5) is 57.8. The van der Waals surface area contributed by atoms with E-state index in [2.05, 4.69) is 87.6 Å². The third-order valence-electron chi connectivity index (χ3n) is 18.6. The van der Waals surface area contributed by atoms with Gasteiger partial charge < -0.3 is 34.9 Å². The Hall–Kier alpha value is -7.70. The SMILES string of the molecule is COc1ccc2c(c1)c(CC(=O)NCc1ccc(CNC(=O)c3ccc(C4=c5cc6c7c(c5Oc5c4cc4c8c5C(C)(C)CCN8CCC4(C)C)C(C)(C)CC[N+]=7CCC6(C)C)c(C(=O)[O-])c3)cc1)c(C)n2C(=O)c1ccc(Cl)cc1. The molecular weight excluding hydrogens is 1030 g/mol. The van der Waals surface area contributed by atoms with Gasteiger partial charge in [-0.2, -0.15) is 0 Å². The second-order valence-electron chi connectivity index (χ2n) is 25.6. The number of methoxy groups -OCH3 is 1. The van der Waals surface area contributed by atoms with Crippen LogP contribution in [0.2, 0.25) is 5.02 Å². The number of rotatable bonds is 11. The maximum atomic E-state index is 14.1. The summed E-state index contributed by atoms with van der Waals surface area (Å²) >= 11 is 6.12. The molecule has 13 heteroatoms. The van der Waals surface area contributed by atoms with Crippen LogP contribution in [-0.4, -0.2) is 61.5 Å². The molecule has 0 fully saturated rings. The fraction of sp³-hybridized carbons (Fsp3) is 0.368. The maximum Gasteiger partial charge on any atom is 0.262 e. The number of aromatic nitrogens is 1. The van der Waals surface area contributed by atoms with E-state index < -0.39 is 11.9 Å². The van der Waals surface area contributed by atoms with Crippen LogP contribution in [0, 0.1) is 6.92 Å². The van der Waals surface area contributed by atoms with Crippen molar-refractivity contribution in [3.63, 3.8) is 0 Å². The smallest absolute Gasteiger partial charge is 0.262 e. The van der Waals surface area contributed by atoms with Crippen LogP contribution in [0.15, 0.2) is 97.1 Å². The highest BCUT2D eigenvalue weighted by Gasteiger charge is 2.48. The van der Waals surface area contributed by atoms with Gasteiger partial charge >= 0.3 is 0 Å². The Kier molecular flexibility index (Phi) is 13.0. The summed E-state index contributed by atoms with van der Waals surface area (Å²) in [5, 5.41) is 23.2. The van der Waals surface area contributed by atoms with Crippen molar-refractivity contribution in [3.8, 4) is 17.2 Å². The molecule has 0 saturated carbocycles. The van der Waals surface area contributed by atoms with Gasteiger partial charge in [0.2, 0.25) is 11.3 Å². The zero-order valence-electron chi connectivity index (χ0n) is 48.1. The van der Waals surface area contributed by atoms with Crippen LogP contribution in [0.5, 0.6) is 17.2 Å². The molecule has 12 rings (SSSR count). The lowest BCUT2D eigenvalue weighted by Crippen LogP contribution is -2.54. The predicted molar refractivity (Wildman–Crippen MR) is 316 cm³/mol. The Bertz CT molecular complexity index is 3990. The van der Waals surface area contributed by atoms with Gasteiger partial charge in [-0.05, 0) is 125 Å². The van der Waals surface area contributed by atoms with Crippen molar-refractivity contribution in [1.29, 1.82) is 0 Å². The maximum absolute atomic E-state index is 14.1. The van der Waals surface area contributed by atoms with Gasteiger partial charge in [0.1, 0.15) is 30.3 Å². The van der Waals surface area contributed by atoms with E-state index in [-0.39, 0.29) is 64.1 Å². The molecule has 0 unspecified atom stereocenters. The molecule has 0 aliphatic carbocycles. The molecule has 1 aromatic heterocycles. The Balaban J connectivity index is 0.837. The first-order chi connectivity index (χ1) is 38.5. The molecule has 5 aliphatic rings. The van der Waals surface area contributed by atoms with E-state index in [9.17, 15) is 24.3 Å². The molecule has 416 valence electrons. The molecule has 2 amide bonds. The molecule has 0 saturated heterocycles. The number of amides is 2. The lowest BCUT2D eigenvalue weighted by Gasteiger charge is -2.49. The Morgan fingerprint density at radius 3 is 2.00 bits per heavy atom. The van der Waals surface area contributed by atoms with Crippen LogP contribution in [0.25, 0.3) is 16.5 Å². The van der Waals surface area contributed by atoms with E-state index in [0.29, 0.717) is 38.7 Å². The molecule has 6 aromatic carbocycles. The lowest BCUT2D eigenvalue weighted by atomic mass is 9.67. The molecule has 5 aliphatic heterocycles. The van der Waals surface area contributed by atoms with Crippen molar-refractivity contribution in [3.05, 3.63) is 185 Å². The summed E-state index contributed by atoms with van der Waals surface area (Å²) in [6.07, 6.45) is 3.91. The van der Waals surface area contributed by atoms with Crippen molar-refractivity contribution < 1.29 is 33.8 Å². The number of benzene rings is 6. The van der Waals surface area contributed by atoms with Crippen LogP contribution in [0.3, 0.4) is 0 Å². The number of carboxylic acids is 1. The Morgan fingerprint density at radius 2 is 1.32 bits per heavy atom. The molecule has 2 N–H and O–H groups in total. The van der Waals surface area contributed by atoms with Crippen molar-refractivity contribution in [2.24, 2.45) is 0 Å². The minimum atomic E-state index is -1.37. The summed E-state index contributed by atoms with van der Waals surface area (Å²) in [5.74, 6) is -0.0463. The summed E-state index contributed by atoms with van der Waals surface area (Å²) in [6.45, 7) is 24.7. The number of hydrogen-bond acceptors (Lipinski definition) is 8. The average Bonchev–Trinajstić information content (AvgIpc) is 2.31. The van der Waals surface area contributed by atoms with Gasteiger partial charge in [-0.3, -0.25) is 19.0 Å². The molecule has 0 spiro atoms. The molecule has 12 nitrogen and oxygen atoms in total. The largest absolute Gasteiger partial charge is 0.545 e. The van der Waals surface area contributed by atoms with Crippen LogP contribution in [0.1, 0.15) is 168 Å². The number of carbonyl (C=O) groups excluding carboxylic acids is 4. The second kappa shape index (κ2) is 19.5. The molecule has 0 radical (unpaired) electrons. The zero-order chi connectivity index (χ0) is 57.2. The third kappa shape index (κ3) is 9.09. The molecule has 6 heterocycles. The van der Waals surface area contributed by atoms with Gasteiger partial charge in [0.05, 0.1) is 30.6 Å². The number of nitrogens with zero attached hydrogens (tertiary/aromatic N) is 3. The van der Waals surface area contributed by atoms with Crippen molar-refractivity contribution in [2.45, 2.75) is 129 Å². The number of carboxylic acid groups (broad SMARTS) is 1. The average molecular weight is 1100 g/mol. The number of halogens is 1. The van der Waals surface area contributed by atoms with E-state index in [4.69, 9.17) is 21.1 Å². The highest BCUT2D eigenvalue weighted by Crippen LogP contribution is 2.57. The number of carbonyl (C=O) groups is 4. The van der Waals surface area contributed by atoms with E-state index in [1.807, 2.05) is 43.3 Å². The number of anilines is 1. The molecule has 0 bridgehead atoms. The highest BCUT2D eigenvalue weighted by atomic mass is 35.5. The first-order valence-electron chi connectivity index (χ1n) is 28.4. The van der Waals surface area contributed by atoms with Gasteiger partial charge in [0.25, 0.3) is 11.8 Å². The summed E-state index contributed by atoms with van der Waals surface area (Å²) in [7, 11) is 1.58. The number of nitrogens with one attached hydrogen (secondary N) is 2. The first kappa shape index (κ1) is 53.9. The van der Waals surface area contributed by atoms with Crippen LogP contribution in [-0.2, 0) is 46.0 Å². The molecule has 7 aromatic rings. The fourth-order valence-electron chi connectivity index (χ4n) is 13.6. The van der Waals surface area contributed by atoms with Gasteiger partial charge in [-0.1, -0.05) is 97.3 Å².